The molecule has 0 aromatic heterocycles. The summed E-state index contributed by atoms with van der Waals surface area (Å²) in [5, 5.41) is 0.225. The van der Waals surface area contributed by atoms with Crippen molar-refractivity contribution < 1.29 is 13.2 Å². The van der Waals surface area contributed by atoms with Gasteiger partial charge in [0.25, 0.3) is 0 Å². The predicted octanol–water partition coefficient (Wildman–Crippen LogP) is 3.52. The van der Waals surface area contributed by atoms with Crippen molar-refractivity contribution in [2.45, 2.75) is 11.3 Å². The minimum atomic E-state index is -3.71. The van der Waals surface area contributed by atoms with E-state index >= 15 is 0 Å². The zero-order valence-corrected chi connectivity index (χ0v) is 14.2. The Morgan fingerprint density at radius 3 is 2.55 bits per heavy atom. The number of sulfonamides is 1. The molecule has 0 aliphatic carbocycles. The number of halogens is 2. The highest BCUT2D eigenvalue weighted by Crippen LogP contribution is 2.28. The Bertz CT molecular complexity index is 763. The van der Waals surface area contributed by atoms with Crippen LogP contribution in [-0.2, 0) is 16.4 Å². The van der Waals surface area contributed by atoms with Gasteiger partial charge in [0.1, 0.15) is 10.6 Å². The van der Waals surface area contributed by atoms with Gasteiger partial charge in [-0.1, -0.05) is 47.5 Å². The van der Waals surface area contributed by atoms with Crippen LogP contribution < -0.4 is 9.46 Å². The van der Waals surface area contributed by atoms with Crippen molar-refractivity contribution in [1.29, 1.82) is 0 Å². The second kappa shape index (κ2) is 7.33. The number of methoxy groups -OCH3 is 1. The van der Waals surface area contributed by atoms with Gasteiger partial charge >= 0.3 is 0 Å². The van der Waals surface area contributed by atoms with Crippen LogP contribution in [0.15, 0.2) is 47.4 Å². The van der Waals surface area contributed by atoms with Crippen molar-refractivity contribution in [2.75, 3.05) is 13.7 Å². The molecule has 2 aromatic rings. The zero-order valence-electron chi connectivity index (χ0n) is 11.8. The van der Waals surface area contributed by atoms with Gasteiger partial charge in [0.05, 0.1) is 17.2 Å². The van der Waals surface area contributed by atoms with Crippen molar-refractivity contribution >= 4 is 33.2 Å². The van der Waals surface area contributed by atoms with Crippen molar-refractivity contribution in [3.8, 4) is 5.75 Å². The monoisotopic (exact) mass is 359 g/mol. The maximum Gasteiger partial charge on any atom is 0.242 e. The van der Waals surface area contributed by atoms with Crippen molar-refractivity contribution in [3.05, 3.63) is 58.1 Å². The number of rotatable bonds is 6. The topological polar surface area (TPSA) is 55.4 Å². The first-order chi connectivity index (χ1) is 10.5. The highest BCUT2D eigenvalue weighted by Gasteiger charge is 2.19. The van der Waals surface area contributed by atoms with E-state index in [0.29, 0.717) is 6.42 Å². The number of hydrogen-bond acceptors (Lipinski definition) is 3. The van der Waals surface area contributed by atoms with Crippen LogP contribution in [0, 0.1) is 0 Å². The van der Waals surface area contributed by atoms with E-state index in [1.54, 1.807) is 13.2 Å². The zero-order chi connectivity index (χ0) is 16.2. The van der Waals surface area contributed by atoms with E-state index in [1.165, 1.54) is 12.1 Å². The summed E-state index contributed by atoms with van der Waals surface area (Å²) in [7, 11) is -2.13. The molecule has 0 amide bonds. The lowest BCUT2D eigenvalue weighted by molar-refractivity contribution is 0.409. The number of benzene rings is 2. The number of ether oxygens (including phenoxy) is 1. The third-order valence-corrected chi connectivity index (χ3v) is 5.52. The van der Waals surface area contributed by atoms with Crippen LogP contribution in [0.25, 0.3) is 0 Å². The van der Waals surface area contributed by atoms with Gasteiger partial charge in [0.15, 0.2) is 0 Å². The van der Waals surface area contributed by atoms with E-state index in [9.17, 15) is 8.42 Å². The third-order valence-electron chi connectivity index (χ3n) is 3.08. The SMILES string of the molecule is COc1ccccc1CCNS(=O)(=O)c1cccc(Cl)c1Cl. The van der Waals surface area contributed by atoms with Crippen molar-refractivity contribution in [1.82, 2.24) is 4.72 Å². The van der Waals surface area contributed by atoms with E-state index in [0.717, 1.165) is 11.3 Å². The van der Waals surface area contributed by atoms with Crippen LogP contribution in [-0.4, -0.2) is 22.1 Å². The predicted molar refractivity (Wildman–Crippen MR) is 88.3 cm³/mol. The van der Waals surface area contributed by atoms with Crippen molar-refractivity contribution in [3.63, 3.8) is 0 Å². The highest BCUT2D eigenvalue weighted by molar-refractivity contribution is 7.89. The Kier molecular flexibility index (Phi) is 5.69. The first-order valence-electron chi connectivity index (χ1n) is 6.51. The van der Waals surface area contributed by atoms with E-state index in [2.05, 4.69) is 4.72 Å². The van der Waals surface area contributed by atoms with Crippen molar-refractivity contribution in [2.24, 2.45) is 0 Å². The number of hydrogen-bond donors (Lipinski definition) is 1. The smallest absolute Gasteiger partial charge is 0.242 e. The molecule has 0 bridgehead atoms. The number of para-hydroxylation sites is 1. The van der Waals surface area contributed by atoms with E-state index in [1.807, 2.05) is 24.3 Å². The summed E-state index contributed by atoms with van der Waals surface area (Å²) in [4.78, 5) is -0.0262. The average molecular weight is 360 g/mol. The molecule has 4 nitrogen and oxygen atoms in total. The van der Waals surface area contributed by atoms with Crippen LogP contribution in [0.1, 0.15) is 5.56 Å². The van der Waals surface area contributed by atoms with Gasteiger partial charge in [-0.25, -0.2) is 13.1 Å². The Labute approximate surface area is 140 Å². The lowest BCUT2D eigenvalue weighted by atomic mass is 10.1. The van der Waals surface area contributed by atoms with Gasteiger partial charge in [-0.05, 0) is 30.2 Å². The highest BCUT2D eigenvalue weighted by atomic mass is 35.5. The lowest BCUT2D eigenvalue weighted by Crippen LogP contribution is -2.26. The number of nitrogens with one attached hydrogen (secondary N) is 1. The van der Waals surface area contributed by atoms with Crippen LogP contribution in [0.2, 0.25) is 10.0 Å². The molecule has 0 saturated heterocycles. The van der Waals surface area contributed by atoms with E-state index in [4.69, 9.17) is 27.9 Å². The summed E-state index contributed by atoms with van der Waals surface area (Å²) in [5.41, 5.74) is 0.921. The maximum atomic E-state index is 12.3. The summed E-state index contributed by atoms with van der Waals surface area (Å²) in [6.45, 7) is 0.228. The van der Waals surface area contributed by atoms with Crippen LogP contribution in [0.5, 0.6) is 5.75 Å². The summed E-state index contributed by atoms with van der Waals surface area (Å²) >= 11 is 11.8. The molecule has 0 unspecified atom stereocenters. The molecular formula is C15H15Cl2NO3S. The third kappa shape index (κ3) is 3.93. The normalized spacial score (nSPS) is 11.4. The Morgan fingerprint density at radius 2 is 1.82 bits per heavy atom. The molecule has 0 heterocycles. The van der Waals surface area contributed by atoms with Gasteiger partial charge in [0, 0.05) is 6.54 Å². The van der Waals surface area contributed by atoms with Gasteiger partial charge in [-0.15, -0.1) is 0 Å². The van der Waals surface area contributed by atoms with E-state index in [-0.39, 0.29) is 21.5 Å². The molecular weight excluding hydrogens is 345 g/mol. The summed E-state index contributed by atoms with van der Waals surface area (Å²) in [5.74, 6) is 0.725. The second-order valence-corrected chi connectivity index (χ2v) is 7.03. The molecule has 22 heavy (non-hydrogen) atoms. The molecule has 0 aliphatic heterocycles. The molecule has 7 heteroatoms. The molecule has 2 aromatic carbocycles. The Hall–Kier alpha value is -1.27. The van der Waals surface area contributed by atoms with Crippen LogP contribution in [0.4, 0.5) is 0 Å². The van der Waals surface area contributed by atoms with Gasteiger partial charge in [-0.2, -0.15) is 0 Å². The van der Waals surface area contributed by atoms with Crippen LogP contribution in [0.3, 0.4) is 0 Å². The van der Waals surface area contributed by atoms with Gasteiger partial charge in [-0.3, -0.25) is 0 Å². The molecule has 0 radical (unpaired) electrons. The van der Waals surface area contributed by atoms with E-state index < -0.39 is 10.0 Å². The molecule has 0 atom stereocenters. The minimum Gasteiger partial charge on any atom is -0.496 e. The largest absolute Gasteiger partial charge is 0.496 e. The summed E-state index contributed by atoms with van der Waals surface area (Å²) < 4.78 is 32.3. The fourth-order valence-electron chi connectivity index (χ4n) is 2.00. The Balaban J connectivity index is 2.09. The van der Waals surface area contributed by atoms with Crippen LogP contribution >= 0.6 is 23.2 Å². The molecule has 0 aliphatic rings. The quantitative estimate of drug-likeness (QED) is 0.858. The molecule has 0 fully saturated rings. The first-order valence-corrected chi connectivity index (χ1v) is 8.75. The average Bonchev–Trinajstić information content (AvgIpc) is 2.50. The molecule has 118 valence electrons. The van der Waals surface area contributed by atoms with Gasteiger partial charge < -0.3 is 4.74 Å². The lowest BCUT2D eigenvalue weighted by Gasteiger charge is -2.11. The molecule has 0 spiro atoms. The maximum absolute atomic E-state index is 12.3. The molecule has 0 saturated carbocycles. The summed E-state index contributed by atoms with van der Waals surface area (Å²) in [6, 6.07) is 12.0. The fraction of sp³-hybridized carbons (Fsp3) is 0.200. The first kappa shape index (κ1) is 17.1. The second-order valence-electron chi connectivity index (χ2n) is 4.51. The van der Waals surface area contributed by atoms with Gasteiger partial charge in [0.2, 0.25) is 10.0 Å². The molecule has 1 N–H and O–H groups in total. The molecule has 2 rings (SSSR count). The fourth-order valence-corrected chi connectivity index (χ4v) is 3.79. The minimum absolute atomic E-state index is 0.0222. The summed E-state index contributed by atoms with van der Waals surface area (Å²) in [6.07, 6.45) is 0.501. The Morgan fingerprint density at radius 1 is 1.09 bits per heavy atom. The standard InChI is InChI=1S/C15H15Cl2NO3S/c1-21-13-7-3-2-5-11(13)9-10-18-22(19,20)14-8-4-6-12(16)15(14)17/h2-8,18H,9-10H2,1H3.